The fourth-order valence-corrected chi connectivity index (χ4v) is 3.65. The fraction of sp³-hybridized carbons (Fsp3) is 0.353. The normalized spacial score (nSPS) is 13.3. The van der Waals surface area contributed by atoms with Crippen LogP contribution in [0, 0.1) is 0 Å². The van der Waals surface area contributed by atoms with Gasteiger partial charge in [-0.2, -0.15) is 0 Å². The Balaban J connectivity index is 1.72. The van der Waals surface area contributed by atoms with Gasteiger partial charge >= 0.3 is 0 Å². The predicted molar refractivity (Wildman–Crippen MR) is 97.1 cm³/mol. The second-order valence-corrected chi connectivity index (χ2v) is 6.85. The number of methoxy groups -OCH3 is 1. The van der Waals surface area contributed by atoms with E-state index >= 15 is 0 Å². The van der Waals surface area contributed by atoms with Crippen molar-refractivity contribution in [3.8, 4) is 5.75 Å². The van der Waals surface area contributed by atoms with Gasteiger partial charge < -0.3 is 19.7 Å². The van der Waals surface area contributed by atoms with E-state index in [2.05, 4.69) is 10.2 Å². The van der Waals surface area contributed by atoms with Gasteiger partial charge in [0.25, 0.3) is 5.91 Å². The maximum absolute atomic E-state index is 12.2. The predicted octanol–water partition coefficient (Wildman–Crippen LogP) is 3.70. The minimum absolute atomic E-state index is 0.0538. The zero-order valence-corrected chi connectivity index (χ0v) is 15.0. The molecule has 0 spiro atoms. The topological polar surface area (TPSA) is 50.8 Å². The summed E-state index contributed by atoms with van der Waals surface area (Å²) in [4.78, 5) is 15.0. The van der Waals surface area contributed by atoms with Crippen molar-refractivity contribution >= 4 is 39.5 Å². The van der Waals surface area contributed by atoms with Gasteiger partial charge in [0.05, 0.1) is 22.1 Å². The minimum atomic E-state index is -0.0538. The highest BCUT2D eigenvalue weighted by molar-refractivity contribution is 7.18. The van der Waals surface area contributed by atoms with Gasteiger partial charge in [-0.15, -0.1) is 11.3 Å². The Morgan fingerprint density at radius 1 is 1.42 bits per heavy atom. The van der Waals surface area contributed by atoms with E-state index < -0.39 is 0 Å². The van der Waals surface area contributed by atoms with Crippen LogP contribution >= 0.6 is 22.9 Å². The van der Waals surface area contributed by atoms with Crippen molar-refractivity contribution in [3.05, 3.63) is 40.2 Å². The van der Waals surface area contributed by atoms with E-state index in [9.17, 15) is 4.79 Å². The number of hydrogen-bond donors (Lipinski definition) is 1. The molecule has 0 saturated carbocycles. The molecule has 1 aliphatic heterocycles. The van der Waals surface area contributed by atoms with Crippen molar-refractivity contribution in [2.45, 2.75) is 6.42 Å². The molecule has 0 bridgehead atoms. The summed E-state index contributed by atoms with van der Waals surface area (Å²) in [6, 6.07) is 9.40. The average molecular weight is 367 g/mol. The number of anilines is 2. The molecule has 0 saturated heterocycles. The standard InChI is InChI=1S/C17H19ClN2O3S/c1-22-9-2-7-19-17(21)15-5-6-16(24-15)20-8-10-23-14-4-3-12(18)11-13(14)20/h3-6,11H,2,7-10H2,1H3,(H,19,21). The molecule has 1 aromatic carbocycles. The molecule has 1 amide bonds. The Labute approximate surface area is 150 Å². The lowest BCUT2D eigenvalue weighted by Gasteiger charge is -2.30. The molecular weight excluding hydrogens is 348 g/mol. The van der Waals surface area contributed by atoms with Crippen molar-refractivity contribution in [1.82, 2.24) is 5.32 Å². The van der Waals surface area contributed by atoms with Crippen LogP contribution in [0.2, 0.25) is 5.02 Å². The SMILES string of the molecule is COCCCNC(=O)c1ccc(N2CCOc3ccc(Cl)cc32)s1. The molecule has 128 valence electrons. The van der Waals surface area contributed by atoms with Crippen LogP contribution in [-0.2, 0) is 4.74 Å². The number of amides is 1. The molecule has 1 N–H and O–H groups in total. The molecule has 24 heavy (non-hydrogen) atoms. The number of nitrogens with zero attached hydrogens (tertiary/aromatic N) is 1. The summed E-state index contributed by atoms with van der Waals surface area (Å²) in [6.45, 7) is 2.57. The number of ether oxygens (including phenoxy) is 2. The first-order valence-electron chi connectivity index (χ1n) is 7.76. The van der Waals surface area contributed by atoms with E-state index in [1.165, 1.54) is 11.3 Å². The van der Waals surface area contributed by atoms with Crippen molar-refractivity contribution in [2.24, 2.45) is 0 Å². The third-order valence-electron chi connectivity index (χ3n) is 3.68. The van der Waals surface area contributed by atoms with Gasteiger partial charge in [-0.3, -0.25) is 4.79 Å². The second kappa shape index (κ2) is 7.88. The summed E-state index contributed by atoms with van der Waals surface area (Å²) in [7, 11) is 1.65. The largest absolute Gasteiger partial charge is 0.490 e. The number of hydrogen-bond acceptors (Lipinski definition) is 5. The Bertz CT molecular complexity index is 720. The summed E-state index contributed by atoms with van der Waals surface area (Å²) < 4.78 is 10.7. The fourth-order valence-electron chi connectivity index (χ4n) is 2.52. The average Bonchev–Trinajstić information content (AvgIpc) is 3.08. The summed E-state index contributed by atoms with van der Waals surface area (Å²) in [5.41, 5.74) is 0.933. The smallest absolute Gasteiger partial charge is 0.261 e. The number of thiophene rings is 1. The Morgan fingerprint density at radius 2 is 2.29 bits per heavy atom. The number of carbonyl (C=O) groups excluding carboxylic acids is 1. The van der Waals surface area contributed by atoms with E-state index in [0.29, 0.717) is 29.7 Å². The monoisotopic (exact) mass is 366 g/mol. The molecule has 0 radical (unpaired) electrons. The quantitative estimate of drug-likeness (QED) is 0.792. The molecule has 0 aliphatic carbocycles. The van der Waals surface area contributed by atoms with E-state index in [-0.39, 0.29) is 5.91 Å². The molecule has 0 fully saturated rings. The molecule has 0 unspecified atom stereocenters. The van der Waals surface area contributed by atoms with Gasteiger partial charge in [-0.1, -0.05) is 11.6 Å². The summed E-state index contributed by atoms with van der Waals surface area (Å²) in [6.07, 6.45) is 0.801. The number of fused-ring (bicyclic) bond motifs is 1. The Hall–Kier alpha value is -1.76. The molecular formula is C17H19ClN2O3S. The molecule has 0 atom stereocenters. The van der Waals surface area contributed by atoms with E-state index in [4.69, 9.17) is 21.1 Å². The number of benzene rings is 1. The molecule has 3 rings (SSSR count). The highest BCUT2D eigenvalue weighted by Crippen LogP contribution is 2.40. The number of rotatable bonds is 6. The van der Waals surface area contributed by atoms with Crippen LogP contribution < -0.4 is 15.0 Å². The third-order valence-corrected chi connectivity index (χ3v) is 5.02. The number of carbonyl (C=O) groups is 1. The van der Waals surface area contributed by atoms with E-state index in [1.54, 1.807) is 7.11 Å². The Kier molecular flexibility index (Phi) is 5.60. The lowest BCUT2D eigenvalue weighted by molar-refractivity contribution is 0.0952. The van der Waals surface area contributed by atoms with Crippen LogP contribution in [0.1, 0.15) is 16.1 Å². The highest BCUT2D eigenvalue weighted by atomic mass is 35.5. The molecule has 2 aromatic rings. The van der Waals surface area contributed by atoms with Crippen LogP contribution in [0.15, 0.2) is 30.3 Å². The lowest BCUT2D eigenvalue weighted by Crippen LogP contribution is -2.28. The lowest BCUT2D eigenvalue weighted by atomic mass is 10.2. The number of nitrogens with one attached hydrogen (secondary N) is 1. The summed E-state index contributed by atoms with van der Waals surface area (Å²) in [5.74, 6) is 0.756. The van der Waals surface area contributed by atoms with Gasteiger partial charge in [0.2, 0.25) is 0 Å². The maximum Gasteiger partial charge on any atom is 0.261 e. The number of halogens is 1. The van der Waals surface area contributed by atoms with Crippen LogP contribution in [0.5, 0.6) is 5.75 Å². The zero-order chi connectivity index (χ0) is 16.9. The Morgan fingerprint density at radius 3 is 3.12 bits per heavy atom. The highest BCUT2D eigenvalue weighted by Gasteiger charge is 2.22. The van der Waals surface area contributed by atoms with Gasteiger partial charge in [0.15, 0.2) is 0 Å². The van der Waals surface area contributed by atoms with Crippen LogP contribution in [0.25, 0.3) is 0 Å². The second-order valence-electron chi connectivity index (χ2n) is 5.35. The summed E-state index contributed by atoms with van der Waals surface area (Å²) in [5, 5.41) is 4.57. The van der Waals surface area contributed by atoms with Gasteiger partial charge in [-0.25, -0.2) is 0 Å². The first-order valence-corrected chi connectivity index (χ1v) is 8.95. The minimum Gasteiger partial charge on any atom is -0.490 e. The van der Waals surface area contributed by atoms with Crippen molar-refractivity contribution in [1.29, 1.82) is 0 Å². The first-order chi connectivity index (χ1) is 11.7. The van der Waals surface area contributed by atoms with Crippen LogP contribution in [0.3, 0.4) is 0 Å². The maximum atomic E-state index is 12.2. The van der Waals surface area contributed by atoms with Crippen LogP contribution in [0.4, 0.5) is 10.7 Å². The van der Waals surface area contributed by atoms with Crippen molar-refractivity contribution in [3.63, 3.8) is 0 Å². The molecule has 2 heterocycles. The third kappa shape index (κ3) is 3.83. The van der Waals surface area contributed by atoms with Gasteiger partial charge in [-0.05, 0) is 36.8 Å². The van der Waals surface area contributed by atoms with E-state index in [1.807, 2.05) is 30.3 Å². The van der Waals surface area contributed by atoms with Crippen LogP contribution in [-0.4, -0.2) is 39.3 Å². The van der Waals surface area contributed by atoms with Gasteiger partial charge in [0, 0.05) is 25.3 Å². The van der Waals surface area contributed by atoms with Crippen molar-refractivity contribution < 1.29 is 14.3 Å². The molecule has 1 aliphatic rings. The molecule has 7 heteroatoms. The summed E-state index contributed by atoms with van der Waals surface area (Å²) >= 11 is 7.58. The first kappa shape index (κ1) is 17.1. The molecule has 5 nitrogen and oxygen atoms in total. The van der Waals surface area contributed by atoms with Gasteiger partial charge in [0.1, 0.15) is 12.4 Å². The zero-order valence-electron chi connectivity index (χ0n) is 13.4. The van der Waals surface area contributed by atoms with E-state index in [0.717, 1.165) is 29.4 Å². The molecule has 1 aromatic heterocycles. The van der Waals surface area contributed by atoms with Crippen molar-refractivity contribution in [2.75, 3.05) is 38.3 Å².